The number of amides is 2. The van der Waals surface area contributed by atoms with Crippen molar-refractivity contribution in [1.82, 2.24) is 10.2 Å². The fraction of sp³-hybridized carbons (Fsp3) is 0.444. The van der Waals surface area contributed by atoms with E-state index in [2.05, 4.69) is 29.6 Å². The first-order valence-corrected chi connectivity index (χ1v) is 12.1. The number of hydrogen-bond donors (Lipinski definition) is 2. The minimum Gasteiger partial charge on any atom is -0.481 e. The lowest BCUT2D eigenvalue weighted by molar-refractivity contribution is -0.154. The molecule has 2 amide bonds. The van der Waals surface area contributed by atoms with E-state index in [0.717, 1.165) is 11.1 Å². The van der Waals surface area contributed by atoms with Crippen LogP contribution in [0, 0.1) is 11.8 Å². The predicted molar refractivity (Wildman–Crippen MR) is 128 cm³/mol. The molecule has 8 nitrogen and oxygen atoms in total. The molecule has 2 N–H and O–H groups in total. The van der Waals surface area contributed by atoms with E-state index in [9.17, 15) is 14.4 Å². The number of alkyl carbamates (subject to hydrolysis) is 1. The van der Waals surface area contributed by atoms with Gasteiger partial charge in [0.1, 0.15) is 12.7 Å². The van der Waals surface area contributed by atoms with Gasteiger partial charge in [0.2, 0.25) is 0 Å². The molecule has 2 aromatic rings. The van der Waals surface area contributed by atoms with Crippen LogP contribution in [0.2, 0.25) is 0 Å². The minimum atomic E-state index is -0.815. The maximum absolute atomic E-state index is 13.0. The van der Waals surface area contributed by atoms with Crippen LogP contribution in [0.1, 0.15) is 36.3 Å². The van der Waals surface area contributed by atoms with Gasteiger partial charge in [-0.05, 0) is 41.5 Å². The van der Waals surface area contributed by atoms with Gasteiger partial charge in [-0.15, -0.1) is 0 Å². The summed E-state index contributed by atoms with van der Waals surface area (Å²) in [7, 11) is 1.70. The molecule has 0 spiro atoms. The standard InChI is InChI=1S/C27H30N2O6/c1-29(18-12-17(13-18)26(31)32)25(30)24-16(10-11-34-24)14-28-27(33)35-15-23-21-8-4-2-6-19(21)20-7-3-5-9-22(20)23/h2-9,16-18,23-24H,10-15H2,1H3,(H,28,33)(H,31,32). The Morgan fingerprint density at radius 2 is 1.69 bits per heavy atom. The van der Waals surface area contributed by atoms with Crippen LogP contribution >= 0.6 is 0 Å². The molecule has 8 heteroatoms. The Bertz CT molecular complexity index is 1080. The van der Waals surface area contributed by atoms with E-state index in [1.165, 1.54) is 11.1 Å². The van der Waals surface area contributed by atoms with E-state index >= 15 is 0 Å². The monoisotopic (exact) mass is 478 g/mol. The van der Waals surface area contributed by atoms with Crippen molar-refractivity contribution in [3.63, 3.8) is 0 Å². The molecule has 0 radical (unpaired) electrons. The van der Waals surface area contributed by atoms with Gasteiger partial charge in [-0.2, -0.15) is 0 Å². The summed E-state index contributed by atoms with van der Waals surface area (Å²) in [5.74, 6) is -1.52. The number of fused-ring (bicyclic) bond motifs is 3. The molecule has 5 rings (SSSR count). The van der Waals surface area contributed by atoms with Gasteiger partial charge in [0.15, 0.2) is 0 Å². The van der Waals surface area contributed by atoms with Crippen LogP contribution < -0.4 is 5.32 Å². The first-order chi connectivity index (χ1) is 16.9. The molecule has 2 aliphatic carbocycles. The summed E-state index contributed by atoms with van der Waals surface area (Å²) in [6, 6.07) is 16.3. The lowest BCUT2D eigenvalue weighted by Gasteiger charge is -2.40. The summed E-state index contributed by atoms with van der Waals surface area (Å²) >= 11 is 0. The lowest BCUT2D eigenvalue weighted by Crippen LogP contribution is -2.52. The van der Waals surface area contributed by atoms with Crippen molar-refractivity contribution in [3.8, 4) is 11.1 Å². The molecule has 2 fully saturated rings. The van der Waals surface area contributed by atoms with Gasteiger partial charge in [0.25, 0.3) is 5.91 Å². The molecule has 184 valence electrons. The van der Waals surface area contributed by atoms with Crippen molar-refractivity contribution in [3.05, 3.63) is 59.7 Å². The van der Waals surface area contributed by atoms with Gasteiger partial charge in [-0.3, -0.25) is 9.59 Å². The van der Waals surface area contributed by atoms with Crippen molar-refractivity contribution in [2.75, 3.05) is 26.8 Å². The number of carboxylic acids is 1. The van der Waals surface area contributed by atoms with Crippen molar-refractivity contribution in [2.45, 2.75) is 37.3 Å². The van der Waals surface area contributed by atoms with Gasteiger partial charge in [-0.1, -0.05) is 48.5 Å². The summed E-state index contributed by atoms with van der Waals surface area (Å²) < 4.78 is 11.3. The SMILES string of the molecule is CN(C(=O)C1OCCC1CNC(=O)OCC1c2ccccc2-c2ccccc21)C1CC(C(=O)O)C1. The van der Waals surface area contributed by atoms with Crippen molar-refractivity contribution >= 4 is 18.0 Å². The second-order valence-corrected chi connectivity index (χ2v) is 9.66. The highest BCUT2D eigenvalue weighted by molar-refractivity contribution is 5.82. The van der Waals surface area contributed by atoms with E-state index in [-0.39, 0.29) is 42.9 Å². The van der Waals surface area contributed by atoms with Crippen molar-refractivity contribution < 1.29 is 29.0 Å². The largest absolute Gasteiger partial charge is 0.481 e. The summed E-state index contributed by atoms with van der Waals surface area (Å²) in [6.45, 7) is 0.964. The van der Waals surface area contributed by atoms with Gasteiger partial charge in [0.05, 0.1) is 5.92 Å². The van der Waals surface area contributed by atoms with Crippen LogP contribution in [-0.4, -0.2) is 66.9 Å². The normalized spacial score (nSPS) is 24.7. The van der Waals surface area contributed by atoms with E-state index in [0.29, 0.717) is 25.9 Å². The third-order valence-corrected chi connectivity index (χ3v) is 7.67. The first kappa shape index (κ1) is 23.4. The number of carbonyl (C=O) groups is 3. The Hall–Kier alpha value is -3.39. The average molecular weight is 479 g/mol. The third-order valence-electron chi connectivity index (χ3n) is 7.67. The number of ether oxygens (including phenoxy) is 2. The molecule has 0 aromatic heterocycles. The van der Waals surface area contributed by atoms with Gasteiger partial charge >= 0.3 is 12.1 Å². The van der Waals surface area contributed by atoms with Crippen molar-refractivity contribution in [1.29, 1.82) is 0 Å². The lowest BCUT2D eigenvalue weighted by atomic mass is 9.79. The zero-order valence-electron chi connectivity index (χ0n) is 19.7. The van der Waals surface area contributed by atoms with Crippen LogP contribution in [0.3, 0.4) is 0 Å². The number of likely N-dealkylation sites (N-methyl/N-ethyl adjacent to an activating group) is 1. The van der Waals surface area contributed by atoms with Gasteiger partial charge < -0.3 is 24.8 Å². The molecule has 1 saturated carbocycles. The molecule has 3 aliphatic rings. The second kappa shape index (κ2) is 9.70. The maximum Gasteiger partial charge on any atom is 0.407 e. The van der Waals surface area contributed by atoms with Crippen LogP contribution in [0.5, 0.6) is 0 Å². The number of rotatable bonds is 7. The number of nitrogens with one attached hydrogen (secondary N) is 1. The van der Waals surface area contributed by atoms with E-state index in [1.54, 1.807) is 11.9 Å². The Morgan fingerprint density at radius 3 is 2.31 bits per heavy atom. The fourth-order valence-electron chi connectivity index (χ4n) is 5.47. The summed E-state index contributed by atoms with van der Waals surface area (Å²) in [5.41, 5.74) is 4.65. The molecule has 2 unspecified atom stereocenters. The number of benzene rings is 2. The molecule has 2 aromatic carbocycles. The Balaban J connectivity index is 1.13. The smallest absolute Gasteiger partial charge is 0.407 e. The number of hydrogen-bond acceptors (Lipinski definition) is 5. The van der Waals surface area contributed by atoms with Crippen molar-refractivity contribution in [2.24, 2.45) is 11.8 Å². The molecule has 35 heavy (non-hydrogen) atoms. The van der Waals surface area contributed by atoms with Gasteiger partial charge in [0, 0.05) is 38.1 Å². The highest BCUT2D eigenvalue weighted by Gasteiger charge is 2.43. The van der Waals surface area contributed by atoms with Crippen LogP contribution in [-0.2, 0) is 19.1 Å². The number of aliphatic carboxylic acids is 1. The topological polar surface area (TPSA) is 105 Å². The van der Waals surface area contributed by atoms with E-state index < -0.39 is 18.2 Å². The molecular formula is C27H30N2O6. The number of nitrogens with zero attached hydrogens (tertiary/aromatic N) is 1. The molecule has 1 aliphatic heterocycles. The van der Waals surface area contributed by atoms with Crippen LogP contribution in [0.25, 0.3) is 11.1 Å². The van der Waals surface area contributed by atoms with E-state index in [1.807, 2.05) is 24.3 Å². The molecule has 1 heterocycles. The second-order valence-electron chi connectivity index (χ2n) is 9.66. The first-order valence-electron chi connectivity index (χ1n) is 12.1. The molecular weight excluding hydrogens is 448 g/mol. The maximum atomic E-state index is 13.0. The Labute approximate surface area is 204 Å². The molecule has 2 atom stereocenters. The predicted octanol–water partition coefficient (Wildman–Crippen LogP) is 3.25. The van der Waals surface area contributed by atoms with Crippen LogP contribution in [0.15, 0.2) is 48.5 Å². The van der Waals surface area contributed by atoms with Gasteiger partial charge in [-0.25, -0.2) is 4.79 Å². The summed E-state index contributed by atoms with van der Waals surface area (Å²) in [6.07, 6.45) is 0.440. The highest BCUT2D eigenvalue weighted by Crippen LogP contribution is 2.44. The summed E-state index contributed by atoms with van der Waals surface area (Å²) in [5, 5.41) is 11.9. The number of carboxylic acid groups (broad SMARTS) is 1. The van der Waals surface area contributed by atoms with Crippen LogP contribution in [0.4, 0.5) is 4.79 Å². The Kier molecular flexibility index (Phi) is 6.47. The fourth-order valence-corrected chi connectivity index (χ4v) is 5.47. The third kappa shape index (κ3) is 4.50. The van der Waals surface area contributed by atoms with E-state index in [4.69, 9.17) is 14.6 Å². The quantitative estimate of drug-likeness (QED) is 0.633. The highest BCUT2D eigenvalue weighted by atomic mass is 16.5. The zero-order chi connectivity index (χ0) is 24.5. The number of carbonyl (C=O) groups excluding carboxylic acids is 2. The average Bonchev–Trinajstić information content (AvgIpc) is 3.42. The molecule has 1 saturated heterocycles. The minimum absolute atomic E-state index is 0.0111. The summed E-state index contributed by atoms with van der Waals surface area (Å²) in [4.78, 5) is 38.1. The Morgan fingerprint density at radius 1 is 1.06 bits per heavy atom. The zero-order valence-corrected chi connectivity index (χ0v) is 19.7. The molecule has 0 bridgehead atoms.